The van der Waals surface area contributed by atoms with Gasteiger partial charge in [-0.3, -0.25) is 4.79 Å². The topological polar surface area (TPSA) is 130 Å². The molecule has 0 aliphatic carbocycles. The summed E-state index contributed by atoms with van der Waals surface area (Å²) >= 11 is 0. The Kier molecular flexibility index (Phi) is 11.5. The van der Waals surface area contributed by atoms with Gasteiger partial charge in [-0.1, -0.05) is 18.2 Å². The number of hydrogen-bond donors (Lipinski definition) is 2. The Bertz CT molecular complexity index is 1290. The maximum atomic E-state index is 12.5. The van der Waals surface area contributed by atoms with Crippen LogP contribution < -0.4 is 15.5 Å². The lowest BCUT2D eigenvalue weighted by Gasteiger charge is -2.29. The van der Waals surface area contributed by atoms with Gasteiger partial charge in [0.2, 0.25) is 0 Å². The Hall–Kier alpha value is -4.10. The summed E-state index contributed by atoms with van der Waals surface area (Å²) < 4.78 is 15.6. The molecule has 0 unspecified atom stereocenters. The third-order valence-corrected chi connectivity index (χ3v) is 6.34. The van der Waals surface area contributed by atoms with E-state index in [0.29, 0.717) is 0 Å². The number of alkyl carbamates (subject to hydrolysis) is 1. The van der Waals surface area contributed by atoms with Gasteiger partial charge in [-0.2, -0.15) is 5.26 Å². The minimum Gasteiger partial charge on any atom is -0.462 e. The van der Waals surface area contributed by atoms with Gasteiger partial charge in [0.25, 0.3) is 5.91 Å². The predicted octanol–water partition coefficient (Wildman–Crippen LogP) is 4.33. The van der Waals surface area contributed by atoms with Crippen LogP contribution in [0.1, 0.15) is 52.5 Å². The monoisotopic (exact) mass is 564 g/mol. The number of nitrogens with zero attached hydrogens (tertiary/aromatic N) is 2. The number of piperidine rings is 1. The second kappa shape index (κ2) is 15.1. The molecule has 2 aromatic rings. The van der Waals surface area contributed by atoms with Gasteiger partial charge in [0.15, 0.2) is 0 Å². The van der Waals surface area contributed by atoms with Crippen LogP contribution in [0.15, 0.2) is 42.0 Å². The molecule has 1 saturated heterocycles. The van der Waals surface area contributed by atoms with E-state index in [0.717, 1.165) is 29.4 Å². The predicted molar refractivity (Wildman–Crippen MR) is 157 cm³/mol. The molecule has 2 amide bonds. The number of rotatable bonds is 11. The molecule has 0 aromatic heterocycles. The standard InChI is InChI=1S/C31H40N4O6/c1-22(34-30(38)41-31(2,3)4)29(37)40-17-16-39-15-12-33-28(36)26(21-32)19-23-8-9-25-20-27(11-10-24(25)18-23)35-13-6-5-7-14-35/h8-11,18-20,22H,5-7,12-17H2,1-4H3,(H,33,36)(H,34,38)/b26-19+/t22-/m0/s1. The molecule has 41 heavy (non-hydrogen) atoms. The third kappa shape index (κ3) is 10.4. The second-order valence-electron chi connectivity index (χ2n) is 10.9. The average Bonchev–Trinajstić information content (AvgIpc) is 2.94. The Morgan fingerprint density at radius 3 is 2.44 bits per heavy atom. The van der Waals surface area contributed by atoms with E-state index in [9.17, 15) is 19.6 Å². The number of benzene rings is 2. The van der Waals surface area contributed by atoms with Crippen molar-refractivity contribution in [3.05, 3.63) is 47.5 Å². The van der Waals surface area contributed by atoms with Crippen LogP contribution in [0.25, 0.3) is 16.8 Å². The number of hydrogen-bond acceptors (Lipinski definition) is 8. The average molecular weight is 565 g/mol. The Morgan fingerprint density at radius 1 is 1.02 bits per heavy atom. The van der Waals surface area contributed by atoms with Crippen molar-refractivity contribution >= 4 is 40.5 Å². The van der Waals surface area contributed by atoms with E-state index >= 15 is 0 Å². The van der Waals surface area contributed by atoms with E-state index in [-0.39, 0.29) is 31.9 Å². The maximum absolute atomic E-state index is 12.5. The van der Waals surface area contributed by atoms with Gasteiger partial charge in [-0.25, -0.2) is 9.59 Å². The lowest BCUT2D eigenvalue weighted by Crippen LogP contribution is -2.42. The van der Waals surface area contributed by atoms with Crippen molar-refractivity contribution < 1.29 is 28.6 Å². The fraction of sp³-hybridized carbons (Fsp3) is 0.484. The molecule has 0 radical (unpaired) electrons. The number of nitrogens with one attached hydrogen (secondary N) is 2. The van der Waals surface area contributed by atoms with E-state index in [1.807, 2.05) is 24.3 Å². The molecule has 1 fully saturated rings. The largest absolute Gasteiger partial charge is 0.462 e. The van der Waals surface area contributed by atoms with Crippen molar-refractivity contribution in [2.75, 3.05) is 44.4 Å². The minimum absolute atomic E-state index is 0.00492. The zero-order valence-corrected chi connectivity index (χ0v) is 24.3. The maximum Gasteiger partial charge on any atom is 0.408 e. The Labute approximate surface area is 241 Å². The molecular weight excluding hydrogens is 524 g/mol. The SMILES string of the molecule is C[C@H](NC(=O)OC(C)(C)C)C(=O)OCCOCCNC(=O)/C(C#N)=C/c1ccc2cc(N3CCCCC3)ccc2c1. The summed E-state index contributed by atoms with van der Waals surface area (Å²) in [5.74, 6) is -1.11. The zero-order chi connectivity index (χ0) is 29.8. The number of nitriles is 1. The second-order valence-corrected chi connectivity index (χ2v) is 10.9. The van der Waals surface area contributed by atoms with E-state index in [1.54, 1.807) is 26.8 Å². The summed E-state index contributed by atoms with van der Waals surface area (Å²) in [6.45, 7) is 9.28. The minimum atomic E-state index is -0.875. The highest BCUT2D eigenvalue weighted by molar-refractivity contribution is 6.02. The van der Waals surface area contributed by atoms with Crippen LogP contribution in [-0.2, 0) is 23.8 Å². The molecule has 3 rings (SSSR count). The number of carbonyl (C=O) groups excluding carboxylic acids is 3. The zero-order valence-electron chi connectivity index (χ0n) is 24.3. The molecule has 220 valence electrons. The summed E-state index contributed by atoms with van der Waals surface area (Å²) in [7, 11) is 0. The number of anilines is 1. The van der Waals surface area contributed by atoms with Gasteiger partial charge < -0.3 is 29.7 Å². The molecule has 0 spiro atoms. The van der Waals surface area contributed by atoms with Crippen LogP contribution in [0.4, 0.5) is 10.5 Å². The summed E-state index contributed by atoms with van der Waals surface area (Å²) in [4.78, 5) is 38.7. The van der Waals surface area contributed by atoms with Gasteiger partial charge in [-0.15, -0.1) is 0 Å². The molecule has 2 N–H and O–H groups in total. The number of fused-ring (bicyclic) bond motifs is 1. The molecule has 1 heterocycles. The lowest BCUT2D eigenvalue weighted by molar-refractivity contribution is -0.147. The summed E-state index contributed by atoms with van der Waals surface area (Å²) in [6, 6.07) is 13.4. The highest BCUT2D eigenvalue weighted by Crippen LogP contribution is 2.26. The van der Waals surface area contributed by atoms with E-state index in [4.69, 9.17) is 14.2 Å². The highest BCUT2D eigenvalue weighted by Gasteiger charge is 2.22. The van der Waals surface area contributed by atoms with Gasteiger partial charge in [0.05, 0.1) is 13.2 Å². The number of ether oxygens (including phenoxy) is 3. The van der Waals surface area contributed by atoms with Crippen molar-refractivity contribution in [3.8, 4) is 6.07 Å². The summed E-state index contributed by atoms with van der Waals surface area (Å²) in [5.41, 5.74) is 1.31. The first-order chi connectivity index (χ1) is 19.6. The first kappa shape index (κ1) is 31.4. The molecule has 1 aliphatic rings. The highest BCUT2D eigenvalue weighted by atomic mass is 16.6. The van der Waals surface area contributed by atoms with Crippen molar-refractivity contribution in [2.24, 2.45) is 0 Å². The number of carbonyl (C=O) groups is 3. The molecule has 2 aromatic carbocycles. The normalized spacial score (nSPS) is 14.6. The van der Waals surface area contributed by atoms with Crippen molar-refractivity contribution in [1.82, 2.24) is 10.6 Å². The van der Waals surface area contributed by atoms with E-state index in [1.165, 1.54) is 31.9 Å². The van der Waals surface area contributed by atoms with Gasteiger partial charge in [0, 0.05) is 25.3 Å². The number of amides is 2. The first-order valence-electron chi connectivity index (χ1n) is 14.0. The van der Waals surface area contributed by atoms with Crippen LogP contribution >= 0.6 is 0 Å². The Morgan fingerprint density at radius 2 is 1.73 bits per heavy atom. The van der Waals surface area contributed by atoms with Crippen LogP contribution in [0.2, 0.25) is 0 Å². The lowest BCUT2D eigenvalue weighted by atomic mass is 10.0. The molecule has 0 bridgehead atoms. The molecular formula is C31H40N4O6. The van der Waals surface area contributed by atoms with Gasteiger partial charge in [0.1, 0.15) is 29.9 Å². The van der Waals surface area contributed by atoms with Crippen LogP contribution in [0.5, 0.6) is 0 Å². The smallest absolute Gasteiger partial charge is 0.408 e. The van der Waals surface area contributed by atoms with Crippen molar-refractivity contribution in [2.45, 2.75) is 58.6 Å². The summed E-state index contributed by atoms with van der Waals surface area (Å²) in [5, 5.41) is 16.8. The van der Waals surface area contributed by atoms with Crippen molar-refractivity contribution in [1.29, 1.82) is 5.26 Å². The van der Waals surface area contributed by atoms with E-state index in [2.05, 4.69) is 33.7 Å². The Balaban J connectivity index is 1.39. The molecule has 10 nitrogen and oxygen atoms in total. The molecule has 1 aliphatic heterocycles. The summed E-state index contributed by atoms with van der Waals surface area (Å²) in [6.07, 6.45) is 4.59. The van der Waals surface area contributed by atoms with Gasteiger partial charge >= 0.3 is 12.1 Å². The van der Waals surface area contributed by atoms with Gasteiger partial charge in [-0.05, 0) is 87.6 Å². The van der Waals surface area contributed by atoms with Crippen molar-refractivity contribution in [3.63, 3.8) is 0 Å². The quantitative estimate of drug-likeness (QED) is 0.179. The van der Waals surface area contributed by atoms with E-state index < -0.39 is 29.6 Å². The fourth-order valence-electron chi connectivity index (χ4n) is 4.31. The van der Waals surface area contributed by atoms with Crippen LogP contribution in [-0.4, -0.2) is 69.1 Å². The first-order valence-corrected chi connectivity index (χ1v) is 14.0. The van der Waals surface area contributed by atoms with Crippen LogP contribution in [0, 0.1) is 11.3 Å². The molecule has 10 heteroatoms. The molecule has 1 atom stereocenters. The third-order valence-electron chi connectivity index (χ3n) is 6.34. The molecule has 0 saturated carbocycles. The fourth-order valence-corrected chi connectivity index (χ4v) is 4.31. The number of esters is 1. The van der Waals surface area contributed by atoms with Crippen LogP contribution in [0.3, 0.4) is 0 Å².